The predicted molar refractivity (Wildman–Crippen MR) is 71.1 cm³/mol. The highest BCUT2D eigenvalue weighted by Crippen LogP contribution is 2.35. The van der Waals surface area contributed by atoms with Crippen LogP contribution in [0.15, 0.2) is 6.20 Å². The number of hydrogen-bond donors (Lipinski definition) is 1. The van der Waals surface area contributed by atoms with Crippen LogP contribution in [0, 0.1) is 5.41 Å². The van der Waals surface area contributed by atoms with Crippen molar-refractivity contribution in [1.82, 2.24) is 9.97 Å². The third-order valence-corrected chi connectivity index (χ3v) is 3.50. The summed E-state index contributed by atoms with van der Waals surface area (Å²) in [5.41, 5.74) is 8.27. The second kappa shape index (κ2) is 4.94. The lowest BCUT2D eigenvalue weighted by Crippen LogP contribution is -2.25. The molecule has 1 heterocycles. The van der Waals surface area contributed by atoms with Gasteiger partial charge in [-0.15, -0.1) is 0 Å². The molecule has 0 bridgehead atoms. The normalized spacial score (nSPS) is 21.5. The van der Waals surface area contributed by atoms with E-state index in [1.54, 1.807) is 7.11 Å². The molecular weight excluding hydrogens is 226 g/mol. The Hall–Kier alpha value is -1.00. The zero-order chi connectivity index (χ0) is 13.3. The van der Waals surface area contributed by atoms with Gasteiger partial charge in [-0.1, -0.05) is 20.8 Å². The molecule has 0 radical (unpaired) electrons. The minimum atomic E-state index is -0.0825. The molecule has 0 fully saturated rings. The Kier molecular flexibility index (Phi) is 3.69. The quantitative estimate of drug-likeness (QED) is 0.875. The number of hydrogen-bond acceptors (Lipinski definition) is 4. The van der Waals surface area contributed by atoms with E-state index < -0.39 is 0 Å². The van der Waals surface area contributed by atoms with Gasteiger partial charge in [0.1, 0.15) is 6.10 Å². The van der Waals surface area contributed by atoms with Crippen molar-refractivity contribution < 1.29 is 4.74 Å². The van der Waals surface area contributed by atoms with Crippen LogP contribution in [0.25, 0.3) is 0 Å². The van der Waals surface area contributed by atoms with Gasteiger partial charge in [-0.25, -0.2) is 9.97 Å². The van der Waals surface area contributed by atoms with Crippen LogP contribution in [0.2, 0.25) is 0 Å². The summed E-state index contributed by atoms with van der Waals surface area (Å²) >= 11 is 0. The molecule has 0 aliphatic heterocycles. The molecule has 0 aromatic carbocycles. The van der Waals surface area contributed by atoms with Gasteiger partial charge in [0.2, 0.25) is 0 Å². The van der Waals surface area contributed by atoms with Crippen LogP contribution in [0.3, 0.4) is 0 Å². The molecule has 0 spiro atoms. The van der Waals surface area contributed by atoms with Crippen LogP contribution in [0.5, 0.6) is 0 Å². The number of rotatable bonds is 2. The van der Waals surface area contributed by atoms with Gasteiger partial charge in [-0.3, -0.25) is 0 Å². The molecule has 2 unspecified atom stereocenters. The molecule has 0 saturated heterocycles. The number of nitrogens with two attached hydrogens (primary N) is 1. The van der Waals surface area contributed by atoms with Crippen LogP contribution >= 0.6 is 0 Å². The Morgan fingerprint density at radius 1 is 1.44 bits per heavy atom. The molecule has 1 aromatic heterocycles. The van der Waals surface area contributed by atoms with Gasteiger partial charge in [0, 0.05) is 30.6 Å². The van der Waals surface area contributed by atoms with Crippen molar-refractivity contribution in [2.24, 2.45) is 11.1 Å². The van der Waals surface area contributed by atoms with Gasteiger partial charge in [0.15, 0.2) is 5.82 Å². The van der Waals surface area contributed by atoms with Crippen LogP contribution < -0.4 is 5.73 Å². The van der Waals surface area contributed by atoms with Gasteiger partial charge in [-0.2, -0.15) is 0 Å². The number of fused-ring (bicyclic) bond motifs is 1. The van der Waals surface area contributed by atoms with Crippen molar-refractivity contribution in [2.45, 2.75) is 52.2 Å². The lowest BCUT2D eigenvalue weighted by Gasteiger charge is -2.29. The molecule has 18 heavy (non-hydrogen) atoms. The number of aryl methyl sites for hydroxylation is 1. The zero-order valence-corrected chi connectivity index (χ0v) is 11.7. The summed E-state index contributed by atoms with van der Waals surface area (Å²) in [6.45, 7) is 6.40. The maximum Gasteiger partial charge on any atom is 0.157 e. The lowest BCUT2D eigenvalue weighted by molar-refractivity contribution is 0.00840. The van der Waals surface area contributed by atoms with E-state index in [2.05, 4.69) is 30.7 Å². The molecule has 1 aliphatic rings. The molecule has 2 atom stereocenters. The summed E-state index contributed by atoms with van der Waals surface area (Å²) in [7, 11) is 1.71. The van der Waals surface area contributed by atoms with Crippen molar-refractivity contribution >= 4 is 0 Å². The van der Waals surface area contributed by atoms with E-state index in [1.165, 1.54) is 0 Å². The molecule has 4 nitrogen and oxygen atoms in total. The maximum absolute atomic E-state index is 6.08. The molecule has 0 amide bonds. The second-order valence-electron chi connectivity index (χ2n) is 6.11. The van der Waals surface area contributed by atoms with Gasteiger partial charge in [0.05, 0.1) is 0 Å². The topological polar surface area (TPSA) is 61.0 Å². The first kappa shape index (κ1) is 13.4. The molecule has 4 heteroatoms. The molecule has 0 saturated carbocycles. The Morgan fingerprint density at radius 3 is 2.78 bits per heavy atom. The van der Waals surface area contributed by atoms with E-state index >= 15 is 0 Å². The van der Waals surface area contributed by atoms with Gasteiger partial charge >= 0.3 is 0 Å². The second-order valence-corrected chi connectivity index (χ2v) is 6.11. The smallest absolute Gasteiger partial charge is 0.157 e. The molecule has 1 aliphatic carbocycles. The van der Waals surface area contributed by atoms with Gasteiger partial charge in [0.25, 0.3) is 0 Å². The SMILES string of the molecule is COC(c1ncc2c(n1)CCCC2N)C(C)(C)C. The molecule has 1 aromatic rings. The number of ether oxygens (including phenoxy) is 1. The van der Waals surface area contributed by atoms with E-state index in [0.29, 0.717) is 0 Å². The van der Waals surface area contributed by atoms with Crippen LogP contribution in [0.1, 0.15) is 62.8 Å². The average molecular weight is 249 g/mol. The lowest BCUT2D eigenvalue weighted by atomic mass is 9.87. The number of aromatic nitrogens is 2. The van der Waals surface area contributed by atoms with E-state index in [-0.39, 0.29) is 17.6 Å². The minimum Gasteiger partial charge on any atom is -0.373 e. The minimum absolute atomic E-state index is 0.0141. The fourth-order valence-electron chi connectivity index (χ4n) is 2.57. The van der Waals surface area contributed by atoms with Gasteiger partial charge < -0.3 is 10.5 Å². The maximum atomic E-state index is 6.08. The zero-order valence-electron chi connectivity index (χ0n) is 11.7. The fourth-order valence-corrected chi connectivity index (χ4v) is 2.57. The van der Waals surface area contributed by atoms with E-state index in [9.17, 15) is 0 Å². The van der Waals surface area contributed by atoms with Crippen molar-refractivity contribution in [3.63, 3.8) is 0 Å². The highest BCUT2D eigenvalue weighted by Gasteiger charge is 2.30. The van der Waals surface area contributed by atoms with Crippen LogP contribution in [-0.2, 0) is 11.2 Å². The summed E-state index contributed by atoms with van der Waals surface area (Å²) in [6.07, 6.45) is 4.94. The third-order valence-electron chi connectivity index (χ3n) is 3.50. The Balaban J connectivity index is 2.36. The summed E-state index contributed by atoms with van der Waals surface area (Å²) in [5, 5.41) is 0. The first-order chi connectivity index (χ1) is 8.43. The highest BCUT2D eigenvalue weighted by molar-refractivity contribution is 5.24. The fraction of sp³-hybridized carbons (Fsp3) is 0.714. The van der Waals surface area contributed by atoms with E-state index in [1.807, 2.05) is 6.20 Å². The average Bonchev–Trinajstić information content (AvgIpc) is 2.28. The van der Waals surface area contributed by atoms with E-state index in [0.717, 1.165) is 36.3 Å². The van der Waals surface area contributed by atoms with Crippen molar-refractivity contribution in [1.29, 1.82) is 0 Å². The molecular formula is C14H23N3O. The number of nitrogens with zero attached hydrogens (tertiary/aromatic N) is 2. The molecule has 2 rings (SSSR count). The van der Waals surface area contributed by atoms with E-state index in [4.69, 9.17) is 10.5 Å². The summed E-state index contributed by atoms with van der Waals surface area (Å²) in [6, 6.07) is 0.0958. The third kappa shape index (κ3) is 2.54. The van der Waals surface area contributed by atoms with Crippen LogP contribution in [-0.4, -0.2) is 17.1 Å². The Morgan fingerprint density at radius 2 is 2.17 bits per heavy atom. The molecule has 2 N–H and O–H groups in total. The van der Waals surface area contributed by atoms with Crippen LogP contribution in [0.4, 0.5) is 0 Å². The predicted octanol–water partition coefficient (Wildman–Crippen LogP) is 2.55. The largest absolute Gasteiger partial charge is 0.373 e. The van der Waals surface area contributed by atoms with Crippen molar-refractivity contribution in [3.05, 3.63) is 23.3 Å². The number of methoxy groups -OCH3 is 1. The Bertz CT molecular complexity index is 426. The highest BCUT2D eigenvalue weighted by atomic mass is 16.5. The summed E-state index contributed by atoms with van der Waals surface area (Å²) < 4.78 is 5.56. The standard InChI is InChI=1S/C14H23N3O/c1-14(2,3)12(18-4)13-16-8-9-10(15)6-5-7-11(9)17-13/h8,10,12H,5-7,15H2,1-4H3. The first-order valence-electron chi connectivity index (χ1n) is 6.57. The van der Waals surface area contributed by atoms with Crippen molar-refractivity contribution in [2.75, 3.05) is 7.11 Å². The molecule has 100 valence electrons. The summed E-state index contributed by atoms with van der Waals surface area (Å²) in [5.74, 6) is 0.776. The van der Waals surface area contributed by atoms with Crippen molar-refractivity contribution in [3.8, 4) is 0 Å². The first-order valence-corrected chi connectivity index (χ1v) is 6.57. The Labute approximate surface area is 109 Å². The summed E-state index contributed by atoms with van der Waals surface area (Å²) in [4.78, 5) is 9.15. The van der Waals surface area contributed by atoms with Gasteiger partial charge in [-0.05, 0) is 24.7 Å². The monoisotopic (exact) mass is 249 g/mol.